The van der Waals surface area contributed by atoms with Gasteiger partial charge < -0.3 is 20.7 Å². The standard InChI is InChI=1S/C18H27FN4O2.HI/c1-2-20-18(23-12-11-21-17(24)14-4-5-14)22-10-3-13-25-16-8-6-15(19)7-9-16;/h6-9,14H,2-5,10-13H2,1H3,(H,21,24)(H2,20,22,23);1H. The van der Waals surface area contributed by atoms with Crippen LogP contribution in [0.5, 0.6) is 5.75 Å². The number of hydrogen-bond acceptors (Lipinski definition) is 3. The maximum Gasteiger partial charge on any atom is 0.223 e. The SMILES string of the molecule is CCNC(=NCCCOc1ccc(F)cc1)NCCNC(=O)C1CC1.I. The topological polar surface area (TPSA) is 74.8 Å². The molecule has 1 aromatic carbocycles. The Labute approximate surface area is 171 Å². The zero-order valence-electron chi connectivity index (χ0n) is 15.1. The molecule has 1 fully saturated rings. The van der Waals surface area contributed by atoms with Gasteiger partial charge in [-0.1, -0.05) is 0 Å². The van der Waals surface area contributed by atoms with Crippen LogP contribution < -0.4 is 20.7 Å². The molecule has 0 aromatic heterocycles. The van der Waals surface area contributed by atoms with Gasteiger partial charge in [0.2, 0.25) is 5.91 Å². The lowest BCUT2D eigenvalue weighted by atomic mass is 10.3. The molecular formula is C18H28FIN4O2. The van der Waals surface area contributed by atoms with E-state index in [0.29, 0.717) is 32.0 Å². The fraction of sp³-hybridized carbons (Fsp3) is 0.556. The molecule has 1 aliphatic carbocycles. The molecule has 2 rings (SSSR count). The minimum Gasteiger partial charge on any atom is -0.494 e. The smallest absolute Gasteiger partial charge is 0.223 e. The first kappa shape index (κ1) is 22.5. The molecule has 1 aliphatic rings. The largest absolute Gasteiger partial charge is 0.494 e. The van der Waals surface area contributed by atoms with Gasteiger partial charge in [0.25, 0.3) is 0 Å². The first-order valence-corrected chi connectivity index (χ1v) is 8.87. The summed E-state index contributed by atoms with van der Waals surface area (Å²) < 4.78 is 18.3. The van der Waals surface area contributed by atoms with E-state index in [0.717, 1.165) is 31.8 Å². The first-order valence-electron chi connectivity index (χ1n) is 8.87. The number of carbonyl (C=O) groups is 1. The Bertz CT molecular complexity index is 565. The van der Waals surface area contributed by atoms with Crippen LogP contribution in [0.25, 0.3) is 0 Å². The fourth-order valence-corrected chi connectivity index (χ4v) is 2.17. The van der Waals surface area contributed by atoms with Crippen LogP contribution in [-0.4, -0.2) is 44.7 Å². The highest BCUT2D eigenvalue weighted by Crippen LogP contribution is 2.28. The van der Waals surface area contributed by atoms with Crippen molar-refractivity contribution in [2.24, 2.45) is 10.9 Å². The summed E-state index contributed by atoms with van der Waals surface area (Å²) in [6, 6.07) is 5.98. The molecule has 1 saturated carbocycles. The third kappa shape index (κ3) is 9.21. The molecular weight excluding hydrogens is 450 g/mol. The number of halogens is 2. The average Bonchev–Trinajstić information content (AvgIpc) is 3.45. The van der Waals surface area contributed by atoms with E-state index in [1.54, 1.807) is 12.1 Å². The zero-order chi connectivity index (χ0) is 17.9. The molecule has 0 atom stereocenters. The van der Waals surface area contributed by atoms with Crippen molar-refractivity contribution in [3.8, 4) is 5.75 Å². The molecule has 6 nitrogen and oxygen atoms in total. The molecule has 8 heteroatoms. The number of ether oxygens (including phenoxy) is 1. The second kappa shape index (κ2) is 12.7. The average molecular weight is 478 g/mol. The van der Waals surface area contributed by atoms with Gasteiger partial charge in [-0.15, -0.1) is 24.0 Å². The van der Waals surface area contributed by atoms with E-state index in [4.69, 9.17) is 4.74 Å². The number of rotatable bonds is 10. The maximum atomic E-state index is 12.8. The van der Waals surface area contributed by atoms with Crippen molar-refractivity contribution in [1.82, 2.24) is 16.0 Å². The van der Waals surface area contributed by atoms with Gasteiger partial charge in [-0.3, -0.25) is 9.79 Å². The Morgan fingerprint density at radius 3 is 2.54 bits per heavy atom. The van der Waals surface area contributed by atoms with Crippen molar-refractivity contribution >= 4 is 35.8 Å². The maximum absolute atomic E-state index is 12.8. The van der Waals surface area contributed by atoms with Gasteiger partial charge in [0.15, 0.2) is 5.96 Å². The van der Waals surface area contributed by atoms with Crippen molar-refractivity contribution in [2.75, 3.05) is 32.8 Å². The van der Waals surface area contributed by atoms with Gasteiger partial charge >= 0.3 is 0 Å². The van der Waals surface area contributed by atoms with Crippen LogP contribution in [0.15, 0.2) is 29.3 Å². The van der Waals surface area contributed by atoms with Crippen LogP contribution in [0, 0.1) is 11.7 Å². The van der Waals surface area contributed by atoms with E-state index in [-0.39, 0.29) is 41.6 Å². The molecule has 0 radical (unpaired) electrons. The minimum absolute atomic E-state index is 0. The van der Waals surface area contributed by atoms with E-state index >= 15 is 0 Å². The molecule has 26 heavy (non-hydrogen) atoms. The summed E-state index contributed by atoms with van der Waals surface area (Å²) in [6.07, 6.45) is 2.79. The van der Waals surface area contributed by atoms with Gasteiger partial charge in [-0.25, -0.2) is 4.39 Å². The summed E-state index contributed by atoms with van der Waals surface area (Å²) in [6.45, 7) is 5.14. The summed E-state index contributed by atoms with van der Waals surface area (Å²) in [5, 5.41) is 9.27. The van der Waals surface area contributed by atoms with Gasteiger partial charge in [0.05, 0.1) is 6.61 Å². The van der Waals surface area contributed by atoms with Crippen LogP contribution in [0.3, 0.4) is 0 Å². The van der Waals surface area contributed by atoms with Crippen LogP contribution in [0.2, 0.25) is 0 Å². The normalized spacial score (nSPS) is 13.5. The molecule has 1 aromatic rings. The van der Waals surface area contributed by atoms with Crippen LogP contribution in [-0.2, 0) is 4.79 Å². The monoisotopic (exact) mass is 478 g/mol. The van der Waals surface area contributed by atoms with Crippen LogP contribution in [0.4, 0.5) is 4.39 Å². The van der Waals surface area contributed by atoms with Crippen molar-refractivity contribution in [3.05, 3.63) is 30.1 Å². The van der Waals surface area contributed by atoms with Crippen LogP contribution in [0.1, 0.15) is 26.2 Å². The number of nitrogens with one attached hydrogen (secondary N) is 3. The second-order valence-electron chi connectivity index (χ2n) is 5.91. The summed E-state index contributed by atoms with van der Waals surface area (Å²) in [5.41, 5.74) is 0. The highest BCUT2D eigenvalue weighted by molar-refractivity contribution is 14.0. The summed E-state index contributed by atoms with van der Waals surface area (Å²) >= 11 is 0. The molecule has 0 saturated heterocycles. The minimum atomic E-state index is -0.272. The van der Waals surface area contributed by atoms with E-state index in [2.05, 4.69) is 20.9 Å². The van der Waals surface area contributed by atoms with Crippen molar-refractivity contribution < 1.29 is 13.9 Å². The number of benzene rings is 1. The number of aliphatic imine (C=N–C) groups is 1. The van der Waals surface area contributed by atoms with Gasteiger partial charge in [0, 0.05) is 38.5 Å². The Morgan fingerprint density at radius 2 is 1.88 bits per heavy atom. The predicted octanol–water partition coefficient (Wildman–Crippen LogP) is 2.29. The lowest BCUT2D eigenvalue weighted by molar-refractivity contribution is -0.122. The fourth-order valence-electron chi connectivity index (χ4n) is 2.17. The third-order valence-corrected chi connectivity index (χ3v) is 3.66. The number of guanidine groups is 1. The zero-order valence-corrected chi connectivity index (χ0v) is 17.4. The molecule has 0 spiro atoms. The number of hydrogen-bond donors (Lipinski definition) is 3. The van der Waals surface area contributed by atoms with E-state index in [1.807, 2.05) is 6.92 Å². The van der Waals surface area contributed by atoms with E-state index < -0.39 is 0 Å². The van der Waals surface area contributed by atoms with Crippen molar-refractivity contribution in [2.45, 2.75) is 26.2 Å². The van der Waals surface area contributed by atoms with Gasteiger partial charge in [-0.05, 0) is 44.0 Å². The van der Waals surface area contributed by atoms with Gasteiger partial charge in [0.1, 0.15) is 11.6 Å². The molecule has 0 aliphatic heterocycles. The molecule has 3 N–H and O–H groups in total. The molecule has 0 heterocycles. The summed E-state index contributed by atoms with van der Waals surface area (Å²) in [4.78, 5) is 16.0. The third-order valence-electron chi connectivity index (χ3n) is 3.66. The van der Waals surface area contributed by atoms with E-state index in [1.165, 1.54) is 12.1 Å². The van der Waals surface area contributed by atoms with E-state index in [9.17, 15) is 9.18 Å². The molecule has 0 unspecified atom stereocenters. The number of amides is 1. The predicted molar refractivity (Wildman–Crippen MR) is 112 cm³/mol. The highest BCUT2D eigenvalue weighted by Gasteiger charge is 2.28. The summed E-state index contributed by atoms with van der Waals surface area (Å²) in [5.74, 6) is 1.50. The Kier molecular flexibility index (Phi) is 11.0. The quantitative estimate of drug-likeness (QED) is 0.209. The molecule has 0 bridgehead atoms. The second-order valence-corrected chi connectivity index (χ2v) is 5.91. The number of carbonyl (C=O) groups excluding carboxylic acids is 1. The van der Waals surface area contributed by atoms with Gasteiger partial charge in [-0.2, -0.15) is 0 Å². The molecule has 1 amide bonds. The highest BCUT2D eigenvalue weighted by atomic mass is 127. The van der Waals surface area contributed by atoms with Crippen molar-refractivity contribution in [1.29, 1.82) is 0 Å². The van der Waals surface area contributed by atoms with Crippen LogP contribution >= 0.6 is 24.0 Å². The Balaban J connectivity index is 0.00000338. The number of nitrogens with zero attached hydrogens (tertiary/aromatic N) is 1. The summed E-state index contributed by atoms with van der Waals surface area (Å²) in [7, 11) is 0. The Hall–Kier alpha value is -1.58. The lowest BCUT2D eigenvalue weighted by Crippen LogP contribution is -2.41. The Morgan fingerprint density at radius 1 is 1.19 bits per heavy atom. The van der Waals surface area contributed by atoms with Crippen molar-refractivity contribution in [3.63, 3.8) is 0 Å². The first-order chi connectivity index (χ1) is 12.2. The lowest BCUT2D eigenvalue weighted by Gasteiger charge is -2.12. The molecule has 146 valence electrons.